The molecule has 1 atom stereocenters. The smallest absolute Gasteiger partial charge is 0.404 e. The molecule has 3 rings (SSSR count). The number of nitrogens with one attached hydrogen (secondary N) is 4. The Bertz CT molecular complexity index is 1110. The van der Waals surface area contributed by atoms with E-state index in [0.717, 1.165) is 22.0 Å². The molecule has 0 bridgehead atoms. The van der Waals surface area contributed by atoms with Crippen LogP contribution in [0.4, 0.5) is 9.59 Å². The van der Waals surface area contributed by atoms with Gasteiger partial charge in [-0.3, -0.25) is 4.79 Å². The number of fused-ring (bicyclic) bond motifs is 1. The van der Waals surface area contributed by atoms with Crippen molar-refractivity contribution in [1.29, 1.82) is 0 Å². The average Bonchev–Trinajstić information content (AvgIpc) is 3.18. The molecule has 0 aliphatic rings. The zero-order chi connectivity index (χ0) is 23.1. The van der Waals surface area contributed by atoms with Crippen LogP contribution in [0.15, 0.2) is 48.5 Å². The summed E-state index contributed by atoms with van der Waals surface area (Å²) in [6.07, 6.45) is -1.56. The van der Waals surface area contributed by atoms with Crippen molar-refractivity contribution in [3.63, 3.8) is 0 Å². The maximum atomic E-state index is 12.6. The highest BCUT2D eigenvalue weighted by molar-refractivity contribution is 6.30. The van der Waals surface area contributed by atoms with Gasteiger partial charge in [0.25, 0.3) is 5.91 Å². The van der Waals surface area contributed by atoms with Crippen molar-refractivity contribution >= 4 is 40.6 Å². The molecule has 0 saturated heterocycles. The van der Waals surface area contributed by atoms with Gasteiger partial charge in [-0.25, -0.2) is 9.59 Å². The summed E-state index contributed by atoms with van der Waals surface area (Å²) in [6, 6.07) is 14.5. The fraction of sp³-hybridized carbons (Fsp3) is 0.227. The zero-order valence-corrected chi connectivity index (χ0v) is 17.8. The van der Waals surface area contributed by atoms with Crippen molar-refractivity contribution in [2.24, 2.45) is 0 Å². The zero-order valence-electron chi connectivity index (χ0n) is 17.0. The van der Waals surface area contributed by atoms with Crippen LogP contribution < -0.4 is 16.0 Å². The SMILES string of the molecule is O=C(O)NCCC[C@H](CNC(=O)c1cc2ccc(-c3ccc(Cl)cc3)cc2[nH]1)NC(=O)O. The number of H-pyrrole nitrogens is 1. The van der Waals surface area contributed by atoms with Crippen molar-refractivity contribution in [2.45, 2.75) is 18.9 Å². The first-order valence-electron chi connectivity index (χ1n) is 9.95. The van der Waals surface area contributed by atoms with Gasteiger partial charge in [-0.1, -0.05) is 35.9 Å². The minimum absolute atomic E-state index is 0.0730. The van der Waals surface area contributed by atoms with Crippen LogP contribution in [-0.2, 0) is 0 Å². The lowest BCUT2D eigenvalue weighted by Crippen LogP contribution is -2.43. The molecule has 32 heavy (non-hydrogen) atoms. The molecule has 168 valence electrons. The van der Waals surface area contributed by atoms with Crippen LogP contribution in [0.5, 0.6) is 0 Å². The summed E-state index contributed by atoms with van der Waals surface area (Å²) in [5, 5.41) is 26.4. The standard InChI is InChI=1S/C22H23ClN4O5/c23-16-7-5-13(6-8-16)14-3-4-15-11-19(27-18(15)10-14)20(28)25-12-17(26-22(31)32)2-1-9-24-21(29)30/h3-8,10-11,17,24,26-27H,1-2,9,12H2,(H,25,28)(H,29,30)(H,31,32)/t17-/m1/s1. The van der Waals surface area contributed by atoms with E-state index in [0.29, 0.717) is 23.6 Å². The number of aromatic amines is 1. The molecule has 0 aliphatic heterocycles. The maximum absolute atomic E-state index is 12.6. The van der Waals surface area contributed by atoms with Crippen molar-refractivity contribution in [3.05, 3.63) is 59.2 Å². The van der Waals surface area contributed by atoms with Crippen molar-refractivity contribution in [3.8, 4) is 11.1 Å². The summed E-state index contributed by atoms with van der Waals surface area (Å²) in [6.45, 7) is 0.267. The predicted octanol–water partition coefficient (Wildman–Crippen LogP) is 3.90. The molecule has 9 nitrogen and oxygen atoms in total. The third kappa shape index (κ3) is 6.39. The molecule has 6 N–H and O–H groups in total. The number of carboxylic acid groups (broad SMARTS) is 2. The Kier molecular flexibility index (Phi) is 7.56. The van der Waals surface area contributed by atoms with Crippen molar-refractivity contribution in [2.75, 3.05) is 13.1 Å². The highest BCUT2D eigenvalue weighted by atomic mass is 35.5. The van der Waals surface area contributed by atoms with Crippen LogP contribution in [0.3, 0.4) is 0 Å². The van der Waals surface area contributed by atoms with Gasteiger partial charge in [0, 0.05) is 35.1 Å². The molecular formula is C22H23ClN4O5. The van der Waals surface area contributed by atoms with Gasteiger partial charge in [0.15, 0.2) is 0 Å². The highest BCUT2D eigenvalue weighted by Crippen LogP contribution is 2.26. The number of benzene rings is 2. The predicted molar refractivity (Wildman–Crippen MR) is 121 cm³/mol. The van der Waals surface area contributed by atoms with Gasteiger partial charge in [-0.2, -0.15) is 0 Å². The molecule has 1 heterocycles. The minimum Gasteiger partial charge on any atom is -0.465 e. The first-order valence-corrected chi connectivity index (χ1v) is 10.3. The molecule has 0 spiro atoms. The Labute approximate surface area is 188 Å². The fourth-order valence-electron chi connectivity index (χ4n) is 3.33. The van der Waals surface area contributed by atoms with Crippen LogP contribution in [0, 0.1) is 0 Å². The van der Waals surface area contributed by atoms with Crippen LogP contribution in [0.2, 0.25) is 5.02 Å². The summed E-state index contributed by atoms with van der Waals surface area (Å²) in [5.74, 6) is -0.366. The fourth-order valence-corrected chi connectivity index (χ4v) is 3.45. The number of carbonyl (C=O) groups excluding carboxylic acids is 1. The van der Waals surface area contributed by atoms with E-state index in [9.17, 15) is 14.4 Å². The Morgan fingerprint density at radius 3 is 2.34 bits per heavy atom. The lowest BCUT2D eigenvalue weighted by Gasteiger charge is -2.17. The molecule has 3 amide bonds. The summed E-state index contributed by atoms with van der Waals surface area (Å²) in [4.78, 5) is 37.2. The van der Waals surface area contributed by atoms with Gasteiger partial charge in [-0.05, 0) is 48.2 Å². The first kappa shape index (κ1) is 23.0. The molecule has 0 saturated carbocycles. The van der Waals surface area contributed by atoms with Gasteiger partial charge in [0.1, 0.15) is 5.69 Å². The number of carbonyl (C=O) groups is 3. The second-order valence-electron chi connectivity index (χ2n) is 7.22. The highest BCUT2D eigenvalue weighted by Gasteiger charge is 2.15. The Hall–Kier alpha value is -3.72. The molecule has 0 aliphatic carbocycles. The Balaban J connectivity index is 1.63. The molecule has 0 unspecified atom stereocenters. The summed E-state index contributed by atoms with van der Waals surface area (Å²) in [7, 11) is 0. The molecule has 0 fully saturated rings. The Morgan fingerprint density at radius 1 is 0.938 bits per heavy atom. The van der Waals surface area contributed by atoms with Gasteiger partial charge in [-0.15, -0.1) is 0 Å². The average molecular weight is 459 g/mol. The van der Waals surface area contributed by atoms with E-state index >= 15 is 0 Å². The monoisotopic (exact) mass is 458 g/mol. The number of halogens is 1. The van der Waals surface area contributed by atoms with Gasteiger partial charge in [0.2, 0.25) is 0 Å². The second kappa shape index (κ2) is 10.5. The number of hydrogen-bond acceptors (Lipinski definition) is 3. The molecular weight excluding hydrogens is 436 g/mol. The van der Waals surface area contributed by atoms with E-state index in [1.165, 1.54) is 0 Å². The summed E-state index contributed by atoms with van der Waals surface area (Å²) < 4.78 is 0. The minimum atomic E-state index is -1.21. The lowest BCUT2D eigenvalue weighted by molar-refractivity contribution is 0.0943. The third-order valence-corrected chi connectivity index (χ3v) is 5.14. The maximum Gasteiger partial charge on any atom is 0.404 e. The van der Waals surface area contributed by atoms with Gasteiger partial charge < -0.3 is 31.1 Å². The van der Waals surface area contributed by atoms with Crippen LogP contribution in [-0.4, -0.2) is 52.4 Å². The number of rotatable bonds is 9. The third-order valence-electron chi connectivity index (χ3n) is 4.89. The van der Waals surface area contributed by atoms with Crippen molar-refractivity contribution in [1.82, 2.24) is 20.9 Å². The van der Waals surface area contributed by atoms with Crippen molar-refractivity contribution < 1.29 is 24.6 Å². The summed E-state index contributed by atoms with van der Waals surface area (Å²) >= 11 is 5.95. The molecule has 2 aromatic carbocycles. The van der Waals surface area contributed by atoms with E-state index in [-0.39, 0.29) is 19.0 Å². The molecule has 0 radical (unpaired) electrons. The first-order chi connectivity index (χ1) is 15.3. The normalized spacial score (nSPS) is 11.7. The van der Waals surface area contributed by atoms with Crippen LogP contribution >= 0.6 is 11.6 Å². The molecule has 3 aromatic rings. The van der Waals surface area contributed by atoms with E-state index in [4.69, 9.17) is 21.8 Å². The lowest BCUT2D eigenvalue weighted by atomic mass is 10.0. The summed E-state index contributed by atoms with van der Waals surface area (Å²) in [5.41, 5.74) is 3.12. The number of amides is 3. The van der Waals surface area contributed by atoms with E-state index in [2.05, 4.69) is 20.9 Å². The topological polar surface area (TPSA) is 144 Å². The Morgan fingerprint density at radius 2 is 1.66 bits per heavy atom. The van der Waals surface area contributed by atoms with Gasteiger partial charge >= 0.3 is 12.2 Å². The number of aromatic nitrogens is 1. The second-order valence-corrected chi connectivity index (χ2v) is 7.66. The van der Waals surface area contributed by atoms with E-state index in [1.54, 1.807) is 6.07 Å². The largest absolute Gasteiger partial charge is 0.465 e. The number of hydrogen-bond donors (Lipinski definition) is 6. The molecule has 10 heteroatoms. The van der Waals surface area contributed by atoms with Crippen LogP contribution in [0.25, 0.3) is 22.0 Å². The van der Waals surface area contributed by atoms with Gasteiger partial charge in [0.05, 0.1) is 0 Å². The van der Waals surface area contributed by atoms with Crippen LogP contribution in [0.1, 0.15) is 23.3 Å². The quantitative estimate of drug-likeness (QED) is 0.269. The van der Waals surface area contributed by atoms with E-state index in [1.807, 2.05) is 42.5 Å². The van der Waals surface area contributed by atoms with E-state index < -0.39 is 18.2 Å². The molecule has 1 aromatic heterocycles.